The van der Waals surface area contributed by atoms with Crippen LogP contribution in [0.4, 0.5) is 5.13 Å². The normalized spacial score (nSPS) is 16.7. The van der Waals surface area contributed by atoms with E-state index in [1.165, 1.54) is 28.0 Å². The van der Waals surface area contributed by atoms with Crippen LogP contribution in [0.1, 0.15) is 34.9 Å². The number of amides is 2. The average Bonchev–Trinajstić information content (AvgIpc) is 3.74. The van der Waals surface area contributed by atoms with E-state index in [1.807, 2.05) is 54.6 Å². The first-order valence-electron chi connectivity index (χ1n) is 18.5. The molecular formula is C44H40ClN5O6S2. The van der Waals surface area contributed by atoms with Gasteiger partial charge in [-0.1, -0.05) is 120 Å². The molecule has 2 atom stereocenters. The Labute approximate surface area is 349 Å². The lowest BCUT2D eigenvalue weighted by Gasteiger charge is -2.49. The van der Waals surface area contributed by atoms with Gasteiger partial charge in [-0.2, -0.15) is 0 Å². The Balaban J connectivity index is 1.13. The number of ether oxygens (including phenoxy) is 2. The Morgan fingerprint density at radius 1 is 0.948 bits per heavy atom. The van der Waals surface area contributed by atoms with Crippen molar-refractivity contribution in [3.63, 3.8) is 0 Å². The second kappa shape index (κ2) is 18.6. The first-order valence-corrected chi connectivity index (χ1v) is 21.0. The maximum absolute atomic E-state index is 14.1. The van der Waals surface area contributed by atoms with Gasteiger partial charge in [-0.15, -0.1) is 34.7 Å². The summed E-state index contributed by atoms with van der Waals surface area (Å²) in [6, 6.07) is 36.5. The number of thioether (sulfide) groups is 1. The fourth-order valence-electron chi connectivity index (χ4n) is 6.81. The number of β-lactam (4-membered cyclic amide) rings is 1. The number of benzene rings is 4. The van der Waals surface area contributed by atoms with Gasteiger partial charge >= 0.3 is 5.97 Å². The molecule has 11 nitrogen and oxygen atoms in total. The van der Waals surface area contributed by atoms with Gasteiger partial charge in [-0.05, 0) is 46.9 Å². The third-order valence-electron chi connectivity index (χ3n) is 9.58. The number of carbonyl (C=O) groups is 3. The van der Waals surface area contributed by atoms with Gasteiger partial charge in [0.15, 0.2) is 10.8 Å². The van der Waals surface area contributed by atoms with Crippen molar-refractivity contribution in [2.45, 2.75) is 30.5 Å². The van der Waals surface area contributed by atoms with Crippen molar-refractivity contribution < 1.29 is 28.7 Å². The molecule has 3 heterocycles. The summed E-state index contributed by atoms with van der Waals surface area (Å²) in [5.74, 6) is -0.491. The third-order valence-corrected chi connectivity index (χ3v) is 11.8. The van der Waals surface area contributed by atoms with E-state index < -0.39 is 34.7 Å². The molecule has 2 N–H and O–H groups in total. The van der Waals surface area contributed by atoms with E-state index in [0.717, 1.165) is 22.3 Å². The van der Waals surface area contributed by atoms with E-state index >= 15 is 0 Å². The van der Waals surface area contributed by atoms with Crippen LogP contribution in [0.2, 0.25) is 0 Å². The van der Waals surface area contributed by atoms with Crippen LogP contribution in [0.3, 0.4) is 0 Å². The number of halogens is 1. The average molecular weight is 834 g/mol. The van der Waals surface area contributed by atoms with Crippen molar-refractivity contribution in [2.75, 3.05) is 30.7 Å². The molecule has 0 radical (unpaired) electrons. The number of thiazole rings is 1. The summed E-state index contributed by atoms with van der Waals surface area (Å²) in [6.45, 7) is 1.94. The van der Waals surface area contributed by atoms with Crippen molar-refractivity contribution in [3.8, 4) is 5.75 Å². The number of nitrogens with one attached hydrogen (secondary N) is 2. The van der Waals surface area contributed by atoms with Gasteiger partial charge in [-0.25, -0.2) is 9.78 Å². The monoisotopic (exact) mass is 833 g/mol. The van der Waals surface area contributed by atoms with Crippen LogP contribution in [-0.4, -0.2) is 70.1 Å². The van der Waals surface area contributed by atoms with E-state index in [9.17, 15) is 14.4 Å². The third kappa shape index (κ3) is 8.38. The first kappa shape index (κ1) is 40.3. The van der Waals surface area contributed by atoms with E-state index in [-0.39, 0.29) is 36.2 Å². The molecule has 7 rings (SSSR count). The van der Waals surface area contributed by atoms with Crippen LogP contribution in [0.25, 0.3) is 0 Å². The number of alkyl halides is 1. The molecule has 4 aromatic carbocycles. The molecule has 58 heavy (non-hydrogen) atoms. The van der Waals surface area contributed by atoms with Crippen LogP contribution < -0.4 is 15.4 Å². The van der Waals surface area contributed by atoms with Crippen LogP contribution in [0.5, 0.6) is 5.75 Å². The Morgan fingerprint density at radius 3 is 2.14 bits per heavy atom. The van der Waals surface area contributed by atoms with Crippen LogP contribution in [0.15, 0.2) is 149 Å². The highest BCUT2D eigenvalue weighted by atomic mass is 35.5. The molecule has 0 unspecified atom stereocenters. The molecule has 1 fully saturated rings. The zero-order valence-electron chi connectivity index (χ0n) is 31.7. The van der Waals surface area contributed by atoms with Gasteiger partial charge in [-0.3, -0.25) is 14.5 Å². The summed E-state index contributed by atoms with van der Waals surface area (Å²) in [6.07, 6.45) is 3.43. The second-order valence-corrected chi connectivity index (χ2v) is 15.4. The first-order chi connectivity index (χ1) is 28.4. The molecule has 0 aliphatic carbocycles. The second-order valence-electron chi connectivity index (χ2n) is 13.1. The maximum atomic E-state index is 14.1. The summed E-state index contributed by atoms with van der Waals surface area (Å²) in [5.41, 5.74) is 3.75. The Kier molecular flexibility index (Phi) is 12.9. The molecule has 14 heteroatoms. The number of allylic oxidation sites excluding steroid dienone is 2. The standard InChI is InChI=1S/C44H40ClN5O6S2/c1-3-56-49-36(35-28-58-43(46-35)48-44(31-15-7-4-8-16-31,32-17-9-5-10-18-32)33-19-11-6-12-20-33)39(51)47-37-40(52)50-38(30(14-13-25-45)27-57-41(37)50)42(53)55-26-29-21-23-34(54-2)24-22-29/h4-24,28,37,41H,3,25-27H2,1-2H3,(H,46,48)(H,47,51)/b14-13-,49-36-/t37-,41-/m1/s1. The molecule has 5 aromatic rings. The molecule has 1 aromatic heterocycles. The predicted molar refractivity (Wildman–Crippen MR) is 228 cm³/mol. The fourth-order valence-corrected chi connectivity index (χ4v) is 8.97. The molecule has 0 spiro atoms. The Bertz CT molecular complexity index is 2220. The molecular weight excluding hydrogens is 794 g/mol. The van der Waals surface area contributed by atoms with Gasteiger partial charge in [0.05, 0.1) is 7.11 Å². The van der Waals surface area contributed by atoms with Crippen LogP contribution in [0, 0.1) is 0 Å². The molecule has 296 valence electrons. The molecule has 2 aliphatic rings. The predicted octanol–water partition coefficient (Wildman–Crippen LogP) is 7.49. The van der Waals surface area contributed by atoms with Crippen molar-refractivity contribution in [1.82, 2.24) is 15.2 Å². The van der Waals surface area contributed by atoms with E-state index in [1.54, 1.807) is 55.8 Å². The minimum atomic E-state index is -0.953. The number of rotatable bonds is 16. The van der Waals surface area contributed by atoms with Crippen molar-refractivity contribution in [1.29, 1.82) is 0 Å². The molecule has 0 saturated carbocycles. The van der Waals surface area contributed by atoms with Crippen molar-refractivity contribution in [3.05, 3.63) is 172 Å². The van der Waals surface area contributed by atoms with Crippen LogP contribution >= 0.6 is 34.7 Å². The number of methoxy groups -OCH3 is 1. The van der Waals surface area contributed by atoms with Crippen molar-refractivity contribution >= 4 is 63.3 Å². The topological polar surface area (TPSA) is 131 Å². The van der Waals surface area contributed by atoms with Gasteiger partial charge < -0.3 is 24.9 Å². The summed E-state index contributed by atoms with van der Waals surface area (Å²) < 4.78 is 10.9. The van der Waals surface area contributed by atoms with Gasteiger partial charge in [0.2, 0.25) is 0 Å². The lowest BCUT2D eigenvalue weighted by atomic mass is 9.77. The van der Waals surface area contributed by atoms with Gasteiger partial charge in [0.1, 0.15) is 47.3 Å². The Morgan fingerprint density at radius 2 is 1.57 bits per heavy atom. The van der Waals surface area contributed by atoms with E-state index in [2.05, 4.69) is 52.2 Å². The van der Waals surface area contributed by atoms with Gasteiger partial charge in [0.25, 0.3) is 11.8 Å². The SMILES string of the molecule is CCO/N=C(\C(=O)N[C@@H]1C(=O)N2C(C(=O)OCc3ccc(OC)cc3)=C(/C=C\CCl)CS[C@H]12)c1csc(NC(c2ccccc2)(c2ccccc2)c2ccccc2)n1. The number of anilines is 1. The van der Waals surface area contributed by atoms with E-state index in [0.29, 0.717) is 22.2 Å². The fraction of sp³-hybridized carbons (Fsp3) is 0.205. The lowest BCUT2D eigenvalue weighted by Crippen LogP contribution is -2.71. The minimum Gasteiger partial charge on any atom is -0.497 e. The quantitative estimate of drug-likeness (QED) is 0.0259. The molecule has 0 bridgehead atoms. The number of fused-ring (bicyclic) bond motifs is 1. The highest BCUT2D eigenvalue weighted by Gasteiger charge is 2.54. The largest absolute Gasteiger partial charge is 0.497 e. The number of oxime groups is 1. The summed E-state index contributed by atoms with van der Waals surface area (Å²) in [4.78, 5) is 53.2. The molecule has 1 saturated heterocycles. The maximum Gasteiger partial charge on any atom is 0.355 e. The zero-order chi connectivity index (χ0) is 40.5. The lowest BCUT2D eigenvalue weighted by molar-refractivity contribution is -0.153. The Hall–Kier alpha value is -5.89. The summed E-state index contributed by atoms with van der Waals surface area (Å²) >= 11 is 8.67. The number of nitrogens with zero attached hydrogens (tertiary/aromatic N) is 3. The molecule has 2 amide bonds. The van der Waals surface area contributed by atoms with Gasteiger partial charge in [0, 0.05) is 17.0 Å². The van der Waals surface area contributed by atoms with Crippen molar-refractivity contribution in [2.24, 2.45) is 5.16 Å². The minimum absolute atomic E-state index is 0.0102. The molecule has 2 aliphatic heterocycles. The smallest absolute Gasteiger partial charge is 0.355 e. The number of aromatic nitrogens is 1. The number of hydrogen-bond donors (Lipinski definition) is 2. The van der Waals surface area contributed by atoms with E-state index in [4.69, 9.17) is 30.9 Å². The zero-order valence-corrected chi connectivity index (χ0v) is 34.1. The number of carbonyl (C=O) groups excluding carboxylic acids is 3. The summed E-state index contributed by atoms with van der Waals surface area (Å²) in [5, 5.41) is 12.4. The highest BCUT2D eigenvalue weighted by Crippen LogP contribution is 2.42. The highest BCUT2D eigenvalue weighted by molar-refractivity contribution is 8.00. The van der Waals surface area contributed by atoms with Crippen LogP contribution in [-0.2, 0) is 36.1 Å². The number of hydrogen-bond acceptors (Lipinski definition) is 11. The summed E-state index contributed by atoms with van der Waals surface area (Å²) in [7, 11) is 1.57. The number of esters is 1.